The van der Waals surface area contributed by atoms with Crippen LogP contribution in [-0.4, -0.2) is 23.9 Å². The number of benzene rings is 2. The molecule has 0 unspecified atom stereocenters. The van der Waals surface area contributed by atoms with E-state index in [1.54, 1.807) is 24.4 Å². The average Bonchev–Trinajstić information content (AvgIpc) is 2.49. The molecule has 22 heavy (non-hydrogen) atoms. The smallest absolute Gasteiger partial charge is 0.335 e. The van der Waals surface area contributed by atoms with Gasteiger partial charge < -0.3 is 9.84 Å². The molecule has 0 spiro atoms. The summed E-state index contributed by atoms with van der Waals surface area (Å²) in [6, 6.07) is 10.7. The molecule has 0 fully saturated rings. The van der Waals surface area contributed by atoms with Gasteiger partial charge >= 0.3 is 5.97 Å². The van der Waals surface area contributed by atoms with Gasteiger partial charge in [-0.1, -0.05) is 6.07 Å². The molecule has 2 rings (SSSR count). The number of nitrogens with zero attached hydrogens (tertiary/aromatic N) is 1. The molecule has 0 aromatic heterocycles. The third kappa shape index (κ3) is 4.07. The van der Waals surface area contributed by atoms with Crippen molar-refractivity contribution in [3.05, 3.63) is 56.7 Å². The van der Waals surface area contributed by atoms with Gasteiger partial charge in [-0.3, -0.25) is 4.99 Å². The van der Waals surface area contributed by atoms with Crippen LogP contribution in [-0.2, 0) is 0 Å². The van der Waals surface area contributed by atoms with Crippen LogP contribution in [0.1, 0.15) is 28.4 Å². The minimum atomic E-state index is -0.952. The number of hydrogen-bond acceptors (Lipinski definition) is 3. The normalized spacial score (nSPS) is 10.9. The predicted molar refractivity (Wildman–Crippen MR) is 95.7 cm³/mol. The maximum atomic E-state index is 11.0. The van der Waals surface area contributed by atoms with Crippen LogP contribution in [0.2, 0.25) is 0 Å². The Bertz CT molecular complexity index is 726. The van der Waals surface area contributed by atoms with Gasteiger partial charge in [0.1, 0.15) is 5.75 Å². The lowest BCUT2D eigenvalue weighted by Gasteiger charge is -2.06. The standard InChI is InChI=1S/C17H16INO3/c1-3-22-16-7-5-12(8-14(16)18)10-19-15-9-13(17(20)21)6-4-11(15)2/h4-10H,3H2,1-2H3,(H,20,21). The molecular weight excluding hydrogens is 393 g/mol. The van der Waals surface area contributed by atoms with Crippen LogP contribution in [0.25, 0.3) is 0 Å². The Balaban J connectivity index is 2.27. The highest BCUT2D eigenvalue weighted by molar-refractivity contribution is 14.1. The second-order valence-corrected chi connectivity index (χ2v) is 5.85. The molecule has 0 atom stereocenters. The van der Waals surface area contributed by atoms with Crippen molar-refractivity contribution in [2.45, 2.75) is 13.8 Å². The number of hydrogen-bond donors (Lipinski definition) is 1. The van der Waals surface area contributed by atoms with Gasteiger partial charge in [0.05, 0.1) is 21.4 Å². The van der Waals surface area contributed by atoms with Gasteiger partial charge in [0, 0.05) is 6.21 Å². The van der Waals surface area contributed by atoms with Gasteiger partial charge in [0.2, 0.25) is 0 Å². The van der Waals surface area contributed by atoms with E-state index in [4.69, 9.17) is 9.84 Å². The molecule has 0 saturated heterocycles. The quantitative estimate of drug-likeness (QED) is 0.587. The Morgan fingerprint density at radius 2 is 2.09 bits per heavy atom. The Labute approximate surface area is 143 Å². The van der Waals surface area contributed by atoms with E-state index in [2.05, 4.69) is 27.6 Å². The fourth-order valence-electron chi connectivity index (χ4n) is 1.90. The summed E-state index contributed by atoms with van der Waals surface area (Å²) >= 11 is 2.22. The highest BCUT2D eigenvalue weighted by Gasteiger charge is 2.05. The van der Waals surface area contributed by atoms with Gasteiger partial charge in [-0.15, -0.1) is 0 Å². The van der Waals surface area contributed by atoms with E-state index < -0.39 is 5.97 Å². The lowest BCUT2D eigenvalue weighted by molar-refractivity contribution is 0.0697. The molecule has 0 saturated carbocycles. The molecule has 0 aliphatic carbocycles. The predicted octanol–water partition coefficient (Wildman–Crippen LogP) is 4.45. The van der Waals surface area contributed by atoms with Crippen LogP contribution >= 0.6 is 22.6 Å². The van der Waals surface area contributed by atoms with Gasteiger partial charge in [-0.05, 0) is 77.9 Å². The van der Waals surface area contributed by atoms with Crippen molar-refractivity contribution in [3.8, 4) is 5.75 Å². The maximum absolute atomic E-state index is 11.0. The number of ether oxygens (including phenoxy) is 1. The monoisotopic (exact) mass is 409 g/mol. The molecule has 0 aliphatic heterocycles. The number of aryl methyl sites for hydroxylation is 1. The summed E-state index contributed by atoms with van der Waals surface area (Å²) in [6.45, 7) is 4.48. The lowest BCUT2D eigenvalue weighted by atomic mass is 10.1. The van der Waals surface area contributed by atoms with E-state index in [0.29, 0.717) is 12.3 Å². The summed E-state index contributed by atoms with van der Waals surface area (Å²) < 4.78 is 6.51. The Morgan fingerprint density at radius 1 is 1.32 bits per heavy atom. The lowest BCUT2D eigenvalue weighted by Crippen LogP contribution is -1.96. The zero-order valence-electron chi connectivity index (χ0n) is 12.3. The third-order valence-corrected chi connectivity index (χ3v) is 3.91. The van der Waals surface area contributed by atoms with Crippen LogP contribution in [0, 0.1) is 10.5 Å². The highest BCUT2D eigenvalue weighted by Crippen LogP contribution is 2.23. The molecule has 0 aliphatic rings. The molecule has 2 aromatic rings. The minimum absolute atomic E-state index is 0.235. The second-order valence-electron chi connectivity index (χ2n) is 4.69. The first-order valence-electron chi connectivity index (χ1n) is 6.81. The van der Waals surface area contributed by atoms with Crippen molar-refractivity contribution >= 4 is 40.5 Å². The molecule has 0 amide bonds. The summed E-state index contributed by atoms with van der Waals surface area (Å²) in [5.41, 5.74) is 2.76. The SMILES string of the molecule is CCOc1ccc(C=Nc2cc(C(=O)O)ccc2C)cc1I. The third-order valence-electron chi connectivity index (χ3n) is 3.06. The summed E-state index contributed by atoms with van der Waals surface area (Å²) in [6.07, 6.45) is 1.73. The number of carboxylic acid groups (broad SMARTS) is 1. The van der Waals surface area contributed by atoms with E-state index in [-0.39, 0.29) is 5.56 Å². The molecule has 0 bridgehead atoms. The number of aliphatic imine (C=N–C) groups is 1. The van der Waals surface area contributed by atoms with Gasteiger partial charge in [0.15, 0.2) is 0 Å². The summed E-state index contributed by atoms with van der Waals surface area (Å²) in [7, 11) is 0. The van der Waals surface area contributed by atoms with Crippen LogP contribution in [0.5, 0.6) is 5.75 Å². The Hall–Kier alpha value is -1.89. The van der Waals surface area contributed by atoms with Gasteiger partial charge in [-0.25, -0.2) is 4.79 Å². The topological polar surface area (TPSA) is 58.9 Å². The molecule has 0 heterocycles. The van der Waals surface area contributed by atoms with Crippen molar-refractivity contribution in [1.29, 1.82) is 0 Å². The Kier molecular flexibility index (Phi) is 5.54. The van der Waals surface area contributed by atoms with E-state index in [1.807, 2.05) is 32.0 Å². The molecule has 4 nitrogen and oxygen atoms in total. The fourth-order valence-corrected chi connectivity index (χ4v) is 2.59. The van der Waals surface area contributed by atoms with Crippen molar-refractivity contribution < 1.29 is 14.6 Å². The van der Waals surface area contributed by atoms with Crippen molar-refractivity contribution in [3.63, 3.8) is 0 Å². The van der Waals surface area contributed by atoms with Crippen molar-refractivity contribution in [1.82, 2.24) is 0 Å². The van der Waals surface area contributed by atoms with Crippen LogP contribution < -0.4 is 4.74 Å². The molecular formula is C17H16INO3. The van der Waals surface area contributed by atoms with E-state index in [0.717, 1.165) is 20.4 Å². The second kappa shape index (κ2) is 7.40. The van der Waals surface area contributed by atoms with Crippen LogP contribution in [0.15, 0.2) is 41.4 Å². The number of rotatable bonds is 5. The van der Waals surface area contributed by atoms with Crippen LogP contribution in [0.3, 0.4) is 0 Å². The summed E-state index contributed by atoms with van der Waals surface area (Å²) in [5, 5.41) is 9.04. The zero-order valence-corrected chi connectivity index (χ0v) is 14.5. The molecule has 0 radical (unpaired) electrons. The maximum Gasteiger partial charge on any atom is 0.335 e. The summed E-state index contributed by atoms with van der Waals surface area (Å²) in [5.74, 6) is -0.101. The molecule has 2 aromatic carbocycles. The van der Waals surface area contributed by atoms with Crippen molar-refractivity contribution in [2.24, 2.45) is 4.99 Å². The highest BCUT2D eigenvalue weighted by atomic mass is 127. The van der Waals surface area contributed by atoms with Crippen LogP contribution in [0.4, 0.5) is 5.69 Å². The molecule has 1 N–H and O–H groups in total. The fraction of sp³-hybridized carbons (Fsp3) is 0.176. The molecule has 5 heteroatoms. The van der Waals surface area contributed by atoms with Crippen molar-refractivity contribution in [2.75, 3.05) is 6.61 Å². The van der Waals surface area contributed by atoms with Gasteiger partial charge in [-0.2, -0.15) is 0 Å². The average molecular weight is 409 g/mol. The van der Waals surface area contributed by atoms with Gasteiger partial charge in [0.25, 0.3) is 0 Å². The first-order valence-corrected chi connectivity index (χ1v) is 7.89. The minimum Gasteiger partial charge on any atom is -0.493 e. The Morgan fingerprint density at radius 3 is 2.73 bits per heavy atom. The molecule has 114 valence electrons. The van der Waals surface area contributed by atoms with E-state index in [1.165, 1.54) is 0 Å². The number of aromatic carboxylic acids is 1. The first kappa shape index (κ1) is 16.5. The first-order chi connectivity index (χ1) is 10.5. The summed E-state index contributed by atoms with van der Waals surface area (Å²) in [4.78, 5) is 15.4. The van der Waals surface area contributed by atoms with E-state index in [9.17, 15) is 4.79 Å². The zero-order chi connectivity index (χ0) is 16.1. The van der Waals surface area contributed by atoms with E-state index >= 15 is 0 Å². The number of carbonyl (C=O) groups is 1. The largest absolute Gasteiger partial charge is 0.493 e. The number of carboxylic acids is 1. The number of halogens is 1.